The van der Waals surface area contributed by atoms with E-state index >= 15 is 0 Å². The van der Waals surface area contributed by atoms with Crippen LogP contribution in [0.5, 0.6) is 0 Å². The van der Waals surface area contributed by atoms with E-state index in [1.54, 1.807) is 0 Å². The minimum Gasteiger partial charge on any atom is -0.316 e. The Morgan fingerprint density at radius 1 is 1.41 bits per heavy atom. The van der Waals surface area contributed by atoms with Crippen LogP contribution in [-0.2, 0) is 0 Å². The largest absolute Gasteiger partial charge is 0.316 e. The van der Waals surface area contributed by atoms with Crippen LogP contribution in [0.2, 0.25) is 0 Å². The van der Waals surface area contributed by atoms with Crippen LogP contribution in [-0.4, -0.2) is 26.2 Å². The Balaban J connectivity index is 1.72. The summed E-state index contributed by atoms with van der Waals surface area (Å²) in [5.41, 5.74) is 0.552. The summed E-state index contributed by atoms with van der Waals surface area (Å²) in [6, 6.07) is 0. The summed E-state index contributed by atoms with van der Waals surface area (Å²) in [5.74, 6) is 1.93. The molecule has 100 valence electrons. The van der Waals surface area contributed by atoms with E-state index in [9.17, 15) is 0 Å². The SMILES string of the molecule is CCCC1(CNCC(C)C2CC2)CCCNC1. The Morgan fingerprint density at radius 3 is 2.82 bits per heavy atom. The number of nitrogens with one attached hydrogen (secondary N) is 2. The normalized spacial score (nSPS) is 31.4. The molecule has 1 heterocycles. The Hall–Kier alpha value is -0.0800. The molecule has 1 aliphatic heterocycles. The molecule has 17 heavy (non-hydrogen) atoms. The van der Waals surface area contributed by atoms with Gasteiger partial charge in [-0.2, -0.15) is 0 Å². The van der Waals surface area contributed by atoms with Gasteiger partial charge in [-0.15, -0.1) is 0 Å². The van der Waals surface area contributed by atoms with Gasteiger partial charge in [-0.3, -0.25) is 0 Å². The van der Waals surface area contributed by atoms with Crippen molar-refractivity contribution in [2.24, 2.45) is 17.3 Å². The van der Waals surface area contributed by atoms with E-state index in [1.807, 2.05) is 0 Å². The maximum Gasteiger partial charge on any atom is 0.00201 e. The molecule has 2 aliphatic rings. The molecule has 1 saturated heterocycles. The number of rotatable bonds is 7. The highest BCUT2D eigenvalue weighted by Crippen LogP contribution is 2.36. The monoisotopic (exact) mass is 238 g/mol. The van der Waals surface area contributed by atoms with Crippen molar-refractivity contribution >= 4 is 0 Å². The fourth-order valence-electron chi connectivity index (χ4n) is 3.41. The molecule has 0 spiro atoms. The number of hydrogen-bond donors (Lipinski definition) is 2. The Labute approximate surface area is 107 Å². The minimum atomic E-state index is 0.552. The van der Waals surface area contributed by atoms with Crippen molar-refractivity contribution in [3.05, 3.63) is 0 Å². The summed E-state index contributed by atoms with van der Waals surface area (Å²) in [6.45, 7) is 9.65. The van der Waals surface area contributed by atoms with Crippen molar-refractivity contribution in [3.8, 4) is 0 Å². The molecule has 0 aromatic rings. The molecule has 2 rings (SSSR count). The molecule has 0 amide bonds. The first kappa shape index (κ1) is 13.4. The van der Waals surface area contributed by atoms with Crippen molar-refractivity contribution in [3.63, 3.8) is 0 Å². The second-order valence-corrected chi connectivity index (χ2v) is 6.48. The Bertz CT molecular complexity index is 211. The summed E-state index contributed by atoms with van der Waals surface area (Å²) in [5, 5.41) is 7.36. The van der Waals surface area contributed by atoms with Gasteiger partial charge >= 0.3 is 0 Å². The molecule has 0 aromatic heterocycles. The average Bonchev–Trinajstić information content (AvgIpc) is 3.14. The van der Waals surface area contributed by atoms with Gasteiger partial charge in [-0.1, -0.05) is 20.3 Å². The van der Waals surface area contributed by atoms with Gasteiger partial charge in [0.25, 0.3) is 0 Å². The zero-order valence-electron chi connectivity index (χ0n) is 11.7. The summed E-state index contributed by atoms with van der Waals surface area (Å²) in [7, 11) is 0. The smallest absolute Gasteiger partial charge is 0.00201 e. The van der Waals surface area contributed by atoms with E-state index in [2.05, 4.69) is 24.5 Å². The van der Waals surface area contributed by atoms with Gasteiger partial charge in [0.05, 0.1) is 0 Å². The van der Waals surface area contributed by atoms with Gasteiger partial charge in [0.2, 0.25) is 0 Å². The second kappa shape index (κ2) is 6.19. The van der Waals surface area contributed by atoms with E-state index in [4.69, 9.17) is 0 Å². The van der Waals surface area contributed by atoms with Crippen LogP contribution >= 0.6 is 0 Å². The lowest BCUT2D eigenvalue weighted by molar-refractivity contribution is 0.180. The van der Waals surface area contributed by atoms with Gasteiger partial charge in [0.1, 0.15) is 0 Å². The molecule has 2 atom stereocenters. The van der Waals surface area contributed by atoms with E-state index in [0.29, 0.717) is 5.41 Å². The van der Waals surface area contributed by atoms with Crippen LogP contribution in [0, 0.1) is 17.3 Å². The van der Waals surface area contributed by atoms with Gasteiger partial charge < -0.3 is 10.6 Å². The highest BCUT2D eigenvalue weighted by molar-refractivity contribution is 4.88. The van der Waals surface area contributed by atoms with Crippen LogP contribution < -0.4 is 10.6 Å². The first-order chi connectivity index (χ1) is 8.26. The summed E-state index contributed by atoms with van der Waals surface area (Å²) >= 11 is 0. The lowest BCUT2D eigenvalue weighted by Crippen LogP contribution is -2.47. The van der Waals surface area contributed by atoms with Crippen molar-refractivity contribution in [2.75, 3.05) is 26.2 Å². The van der Waals surface area contributed by atoms with E-state index in [0.717, 1.165) is 11.8 Å². The fraction of sp³-hybridized carbons (Fsp3) is 1.00. The van der Waals surface area contributed by atoms with Crippen LogP contribution in [0.4, 0.5) is 0 Å². The maximum atomic E-state index is 3.76. The van der Waals surface area contributed by atoms with E-state index in [1.165, 1.54) is 64.7 Å². The maximum absolute atomic E-state index is 3.76. The zero-order chi connectivity index (χ0) is 12.1. The fourth-order valence-corrected chi connectivity index (χ4v) is 3.41. The summed E-state index contributed by atoms with van der Waals surface area (Å²) in [6.07, 6.45) is 8.43. The van der Waals surface area contributed by atoms with Crippen LogP contribution in [0.3, 0.4) is 0 Å². The molecule has 2 N–H and O–H groups in total. The average molecular weight is 238 g/mol. The third-order valence-electron chi connectivity index (χ3n) is 4.73. The molecule has 0 radical (unpaired) electrons. The predicted octanol–water partition coefficient (Wildman–Crippen LogP) is 2.79. The second-order valence-electron chi connectivity index (χ2n) is 6.48. The van der Waals surface area contributed by atoms with E-state index < -0.39 is 0 Å². The summed E-state index contributed by atoms with van der Waals surface area (Å²) < 4.78 is 0. The topological polar surface area (TPSA) is 24.1 Å². The standard InChI is InChI=1S/C15H30N2/c1-3-7-15(8-4-9-16-11-15)12-17-10-13(2)14-5-6-14/h13-14,16-17H,3-12H2,1-2H3. The zero-order valence-corrected chi connectivity index (χ0v) is 11.7. The molecule has 2 heteroatoms. The van der Waals surface area contributed by atoms with Gasteiger partial charge in [-0.05, 0) is 62.4 Å². The molecule has 0 aromatic carbocycles. The van der Waals surface area contributed by atoms with Gasteiger partial charge in [-0.25, -0.2) is 0 Å². The van der Waals surface area contributed by atoms with Crippen molar-refractivity contribution in [1.82, 2.24) is 10.6 Å². The van der Waals surface area contributed by atoms with Crippen LogP contribution in [0.15, 0.2) is 0 Å². The number of piperidine rings is 1. The molecule has 1 saturated carbocycles. The predicted molar refractivity (Wildman–Crippen MR) is 74.2 cm³/mol. The van der Waals surface area contributed by atoms with Crippen molar-refractivity contribution in [2.45, 2.75) is 52.4 Å². The highest BCUT2D eigenvalue weighted by Gasteiger charge is 2.32. The minimum absolute atomic E-state index is 0.552. The van der Waals surface area contributed by atoms with Crippen molar-refractivity contribution < 1.29 is 0 Å². The molecule has 0 bridgehead atoms. The summed E-state index contributed by atoms with van der Waals surface area (Å²) in [4.78, 5) is 0. The first-order valence-electron chi connectivity index (χ1n) is 7.67. The molecule has 2 nitrogen and oxygen atoms in total. The van der Waals surface area contributed by atoms with Gasteiger partial charge in [0.15, 0.2) is 0 Å². The quantitative estimate of drug-likeness (QED) is 0.713. The lowest BCUT2D eigenvalue weighted by Gasteiger charge is -2.38. The van der Waals surface area contributed by atoms with E-state index in [-0.39, 0.29) is 0 Å². The first-order valence-corrected chi connectivity index (χ1v) is 7.67. The molecular weight excluding hydrogens is 208 g/mol. The van der Waals surface area contributed by atoms with Crippen LogP contribution in [0.25, 0.3) is 0 Å². The van der Waals surface area contributed by atoms with Crippen molar-refractivity contribution in [1.29, 1.82) is 0 Å². The molecule has 1 aliphatic carbocycles. The number of hydrogen-bond acceptors (Lipinski definition) is 2. The van der Waals surface area contributed by atoms with Crippen LogP contribution in [0.1, 0.15) is 52.4 Å². The van der Waals surface area contributed by atoms with Gasteiger partial charge in [0, 0.05) is 13.1 Å². The third-order valence-corrected chi connectivity index (χ3v) is 4.73. The Kier molecular flexibility index (Phi) is 4.87. The molecular formula is C15H30N2. The third kappa shape index (κ3) is 3.96. The Morgan fingerprint density at radius 2 is 2.24 bits per heavy atom. The molecule has 2 unspecified atom stereocenters. The lowest BCUT2D eigenvalue weighted by atomic mass is 9.77. The molecule has 2 fully saturated rings. The highest BCUT2D eigenvalue weighted by atomic mass is 14.9.